The van der Waals surface area contributed by atoms with Crippen LogP contribution in [0.1, 0.15) is 64.7 Å². The van der Waals surface area contributed by atoms with Gasteiger partial charge in [-0.15, -0.1) is 0 Å². The van der Waals surface area contributed by atoms with Gasteiger partial charge in [0, 0.05) is 25.4 Å². The van der Waals surface area contributed by atoms with Crippen molar-refractivity contribution in [3.63, 3.8) is 0 Å². The molecule has 7 heteroatoms. The zero-order valence-electron chi connectivity index (χ0n) is 19.9. The van der Waals surface area contributed by atoms with Crippen LogP contribution in [-0.4, -0.2) is 61.6 Å². The molecule has 0 aliphatic heterocycles. The molecule has 0 bridgehead atoms. The molecule has 1 aromatic carbocycles. The van der Waals surface area contributed by atoms with Gasteiger partial charge in [0.15, 0.2) is 0 Å². The average molecular weight is 453 g/mol. The summed E-state index contributed by atoms with van der Waals surface area (Å²) in [5, 5.41) is 13.0. The molecule has 0 heterocycles. The number of ketones is 1. The van der Waals surface area contributed by atoms with Crippen LogP contribution in [0.15, 0.2) is 24.3 Å². The SMILES string of the molecule is CC(=O)C(CCCCCCC(=O)NCCN(C)C)CCCC(O)COc1ccc(F)cc1. The summed E-state index contributed by atoms with van der Waals surface area (Å²) in [6, 6.07) is 5.71. The molecule has 0 aromatic heterocycles. The number of nitrogens with zero attached hydrogens (tertiary/aromatic N) is 1. The van der Waals surface area contributed by atoms with Crippen LogP contribution in [0.3, 0.4) is 0 Å². The van der Waals surface area contributed by atoms with Crippen molar-refractivity contribution in [1.29, 1.82) is 0 Å². The van der Waals surface area contributed by atoms with Crippen LogP contribution >= 0.6 is 0 Å². The Labute approximate surface area is 192 Å². The molecule has 32 heavy (non-hydrogen) atoms. The van der Waals surface area contributed by atoms with E-state index < -0.39 is 6.10 Å². The molecule has 1 rings (SSSR count). The van der Waals surface area contributed by atoms with Gasteiger partial charge in [-0.1, -0.05) is 25.7 Å². The van der Waals surface area contributed by atoms with Crippen LogP contribution in [0.2, 0.25) is 0 Å². The molecule has 0 saturated heterocycles. The minimum Gasteiger partial charge on any atom is -0.491 e. The molecule has 1 amide bonds. The van der Waals surface area contributed by atoms with Crippen LogP contribution in [0.25, 0.3) is 0 Å². The molecule has 0 aliphatic carbocycles. The summed E-state index contributed by atoms with van der Waals surface area (Å²) < 4.78 is 18.4. The fraction of sp³-hybridized carbons (Fsp3) is 0.680. The Bertz CT molecular complexity index is 652. The van der Waals surface area contributed by atoms with Gasteiger partial charge in [-0.2, -0.15) is 0 Å². The topological polar surface area (TPSA) is 78.9 Å². The number of amides is 1. The molecule has 0 aliphatic rings. The lowest BCUT2D eigenvalue weighted by molar-refractivity contribution is -0.121. The smallest absolute Gasteiger partial charge is 0.220 e. The van der Waals surface area contributed by atoms with Crippen molar-refractivity contribution >= 4 is 11.7 Å². The zero-order valence-corrected chi connectivity index (χ0v) is 19.9. The minimum atomic E-state index is -0.614. The first-order chi connectivity index (χ1) is 15.3. The Morgan fingerprint density at radius 3 is 2.34 bits per heavy atom. The highest BCUT2D eigenvalue weighted by molar-refractivity contribution is 5.78. The van der Waals surface area contributed by atoms with Crippen molar-refractivity contribution in [3.8, 4) is 5.75 Å². The molecule has 182 valence electrons. The lowest BCUT2D eigenvalue weighted by Gasteiger charge is -2.16. The third kappa shape index (κ3) is 14.1. The number of rotatable bonds is 18. The number of halogens is 1. The Morgan fingerprint density at radius 2 is 1.69 bits per heavy atom. The molecule has 2 unspecified atom stereocenters. The fourth-order valence-electron chi connectivity index (χ4n) is 3.49. The molecule has 2 atom stereocenters. The summed E-state index contributed by atoms with van der Waals surface area (Å²) in [6.45, 7) is 3.31. The molecule has 0 saturated carbocycles. The number of carbonyl (C=O) groups is 2. The van der Waals surface area contributed by atoms with E-state index in [0.29, 0.717) is 25.1 Å². The Kier molecular flexibility index (Phi) is 14.6. The number of nitrogens with one attached hydrogen (secondary N) is 1. The van der Waals surface area contributed by atoms with Crippen molar-refractivity contribution in [1.82, 2.24) is 10.2 Å². The van der Waals surface area contributed by atoms with Crippen molar-refractivity contribution in [2.24, 2.45) is 5.92 Å². The van der Waals surface area contributed by atoms with Crippen molar-refractivity contribution in [2.45, 2.75) is 70.8 Å². The van der Waals surface area contributed by atoms with E-state index >= 15 is 0 Å². The van der Waals surface area contributed by atoms with Gasteiger partial charge in [0.25, 0.3) is 0 Å². The number of aliphatic hydroxyl groups excluding tert-OH is 1. The maximum Gasteiger partial charge on any atom is 0.220 e. The predicted octanol–water partition coefficient (Wildman–Crippen LogP) is 3.96. The van der Waals surface area contributed by atoms with E-state index in [2.05, 4.69) is 5.32 Å². The van der Waals surface area contributed by atoms with Crippen molar-refractivity contribution < 1.29 is 23.8 Å². The number of hydrogen-bond donors (Lipinski definition) is 2. The van der Waals surface area contributed by atoms with Crippen LogP contribution in [0.5, 0.6) is 5.75 Å². The van der Waals surface area contributed by atoms with Crippen molar-refractivity contribution in [2.75, 3.05) is 33.8 Å². The first kappa shape index (κ1) is 28.0. The number of unbranched alkanes of at least 4 members (excludes halogenated alkanes) is 3. The molecule has 6 nitrogen and oxygen atoms in total. The first-order valence-electron chi connectivity index (χ1n) is 11.8. The molecule has 0 radical (unpaired) electrons. The lowest BCUT2D eigenvalue weighted by atomic mass is 9.91. The highest BCUT2D eigenvalue weighted by Gasteiger charge is 2.15. The molecule has 2 N–H and O–H groups in total. The monoisotopic (exact) mass is 452 g/mol. The Morgan fingerprint density at radius 1 is 1.03 bits per heavy atom. The molecular weight excluding hydrogens is 411 g/mol. The predicted molar refractivity (Wildman–Crippen MR) is 125 cm³/mol. The van der Waals surface area contributed by atoms with E-state index in [4.69, 9.17) is 4.74 Å². The normalized spacial score (nSPS) is 13.1. The highest BCUT2D eigenvalue weighted by Crippen LogP contribution is 2.20. The maximum atomic E-state index is 12.9. The van der Waals surface area contributed by atoms with E-state index in [9.17, 15) is 19.1 Å². The lowest BCUT2D eigenvalue weighted by Crippen LogP contribution is -2.31. The van der Waals surface area contributed by atoms with Crippen LogP contribution in [0, 0.1) is 11.7 Å². The number of ether oxygens (including phenoxy) is 1. The average Bonchev–Trinajstić information content (AvgIpc) is 2.74. The third-order valence-electron chi connectivity index (χ3n) is 5.51. The van der Waals surface area contributed by atoms with Gasteiger partial charge in [-0.05, 0) is 71.0 Å². The van der Waals surface area contributed by atoms with Gasteiger partial charge in [0.05, 0.1) is 6.10 Å². The Balaban J connectivity index is 2.10. The quantitative estimate of drug-likeness (QED) is 0.330. The number of Topliss-reactive ketones (excluding diaryl/α,β-unsaturated/α-hetero) is 1. The fourth-order valence-corrected chi connectivity index (χ4v) is 3.49. The van der Waals surface area contributed by atoms with Crippen LogP contribution in [0.4, 0.5) is 4.39 Å². The van der Waals surface area contributed by atoms with E-state index in [-0.39, 0.29) is 30.0 Å². The number of hydrogen-bond acceptors (Lipinski definition) is 5. The molecular formula is C25H41FN2O4. The number of aliphatic hydroxyl groups is 1. The molecule has 1 aromatic rings. The van der Waals surface area contributed by atoms with E-state index in [1.165, 1.54) is 24.3 Å². The summed E-state index contributed by atoms with van der Waals surface area (Å²) in [5.74, 6) is 0.527. The summed E-state index contributed by atoms with van der Waals surface area (Å²) in [7, 11) is 3.96. The van der Waals surface area contributed by atoms with Crippen molar-refractivity contribution in [3.05, 3.63) is 30.1 Å². The van der Waals surface area contributed by atoms with Crippen LogP contribution < -0.4 is 10.1 Å². The second kappa shape index (κ2) is 16.6. The van der Waals surface area contributed by atoms with Gasteiger partial charge < -0.3 is 20.1 Å². The first-order valence-corrected chi connectivity index (χ1v) is 11.8. The third-order valence-corrected chi connectivity index (χ3v) is 5.51. The van der Waals surface area contributed by atoms with Gasteiger partial charge in [0.2, 0.25) is 5.91 Å². The number of likely N-dealkylation sites (N-methyl/N-ethyl adjacent to an activating group) is 1. The van der Waals surface area contributed by atoms with Gasteiger partial charge in [-0.25, -0.2) is 4.39 Å². The number of benzene rings is 1. The van der Waals surface area contributed by atoms with Crippen LogP contribution in [-0.2, 0) is 9.59 Å². The maximum absolute atomic E-state index is 12.9. The minimum absolute atomic E-state index is 0.0227. The second-order valence-corrected chi connectivity index (χ2v) is 8.76. The highest BCUT2D eigenvalue weighted by atomic mass is 19.1. The summed E-state index contributed by atoms with van der Waals surface area (Å²) in [5.41, 5.74) is 0. The summed E-state index contributed by atoms with van der Waals surface area (Å²) in [4.78, 5) is 25.7. The van der Waals surface area contributed by atoms with Gasteiger partial charge in [-0.3, -0.25) is 9.59 Å². The van der Waals surface area contributed by atoms with E-state index in [1.807, 2.05) is 19.0 Å². The largest absolute Gasteiger partial charge is 0.491 e. The standard InChI is InChI=1S/C25H41FN2O4/c1-20(29)21(9-6-4-5-7-12-25(31)27-17-18-28(2)3)10-8-11-23(30)19-32-24-15-13-22(26)14-16-24/h13-16,21,23,30H,4-12,17-19H2,1-3H3,(H,27,31). The summed E-state index contributed by atoms with van der Waals surface area (Å²) in [6.07, 6.45) is 6.73. The Hall–Kier alpha value is -1.99. The van der Waals surface area contributed by atoms with Gasteiger partial charge in [0.1, 0.15) is 24.0 Å². The zero-order chi connectivity index (χ0) is 23.8. The molecule has 0 fully saturated rings. The second-order valence-electron chi connectivity index (χ2n) is 8.76. The summed E-state index contributed by atoms with van der Waals surface area (Å²) >= 11 is 0. The van der Waals surface area contributed by atoms with E-state index in [1.54, 1.807) is 6.92 Å². The van der Waals surface area contributed by atoms with E-state index in [0.717, 1.165) is 51.5 Å². The van der Waals surface area contributed by atoms with Gasteiger partial charge >= 0.3 is 0 Å². The molecule has 0 spiro atoms. The number of carbonyl (C=O) groups excluding carboxylic acids is 2.